The minimum Gasteiger partial charge on any atom is -0.326 e. The van der Waals surface area contributed by atoms with Crippen molar-refractivity contribution >= 4 is 5.91 Å². The molecule has 0 radical (unpaired) electrons. The number of nitrogens with two attached hydrogens (primary N) is 2. The maximum absolute atomic E-state index is 12.3. The van der Waals surface area contributed by atoms with Gasteiger partial charge in [-0.2, -0.15) is 0 Å². The standard InChI is InChI=1S/C16H19N3O/c1-12(15-10-6-5-9-14(15)11-17)19(18)16(20)13-7-3-2-4-8-13/h2-10,12H,11,17-18H2,1H3. The molecule has 0 saturated carbocycles. The topological polar surface area (TPSA) is 72.3 Å². The highest BCUT2D eigenvalue weighted by Crippen LogP contribution is 2.22. The average Bonchev–Trinajstić information content (AvgIpc) is 2.53. The van der Waals surface area contributed by atoms with Crippen molar-refractivity contribution in [2.75, 3.05) is 0 Å². The Bertz CT molecular complexity index is 583. The molecule has 1 amide bonds. The van der Waals surface area contributed by atoms with E-state index in [0.717, 1.165) is 11.1 Å². The summed E-state index contributed by atoms with van der Waals surface area (Å²) in [5, 5.41) is 1.25. The zero-order valence-electron chi connectivity index (χ0n) is 11.5. The summed E-state index contributed by atoms with van der Waals surface area (Å²) in [7, 11) is 0. The number of carbonyl (C=O) groups is 1. The Hall–Kier alpha value is -2.17. The molecule has 0 heterocycles. The number of benzene rings is 2. The minimum absolute atomic E-state index is 0.204. The Morgan fingerprint density at radius 1 is 1.10 bits per heavy atom. The smallest absolute Gasteiger partial charge is 0.268 e. The Labute approximate surface area is 119 Å². The first-order chi connectivity index (χ1) is 9.65. The van der Waals surface area contributed by atoms with Crippen molar-refractivity contribution in [1.82, 2.24) is 5.01 Å². The van der Waals surface area contributed by atoms with Crippen molar-refractivity contribution < 1.29 is 4.79 Å². The molecule has 2 aromatic carbocycles. The molecule has 0 bridgehead atoms. The van der Waals surface area contributed by atoms with Gasteiger partial charge < -0.3 is 5.73 Å². The molecule has 0 aliphatic carbocycles. The van der Waals surface area contributed by atoms with Gasteiger partial charge in [0.05, 0.1) is 6.04 Å². The number of hydrogen-bond donors (Lipinski definition) is 2. The molecule has 4 heteroatoms. The maximum Gasteiger partial charge on any atom is 0.268 e. The highest BCUT2D eigenvalue weighted by atomic mass is 16.2. The van der Waals surface area contributed by atoms with Crippen LogP contribution in [0, 0.1) is 0 Å². The molecule has 0 saturated heterocycles. The first-order valence-electron chi connectivity index (χ1n) is 6.56. The maximum atomic E-state index is 12.3. The molecule has 0 aliphatic rings. The van der Waals surface area contributed by atoms with E-state index in [0.29, 0.717) is 12.1 Å². The van der Waals surface area contributed by atoms with Gasteiger partial charge in [-0.1, -0.05) is 42.5 Å². The van der Waals surface area contributed by atoms with Crippen molar-refractivity contribution in [2.24, 2.45) is 11.6 Å². The summed E-state index contributed by atoms with van der Waals surface area (Å²) >= 11 is 0. The van der Waals surface area contributed by atoms with Gasteiger partial charge in [-0.15, -0.1) is 0 Å². The molecule has 0 fully saturated rings. The lowest BCUT2D eigenvalue weighted by atomic mass is 10.0. The monoisotopic (exact) mass is 269 g/mol. The number of amides is 1. The van der Waals surface area contributed by atoms with Crippen LogP contribution in [0.2, 0.25) is 0 Å². The van der Waals surface area contributed by atoms with Crippen molar-refractivity contribution in [3.05, 3.63) is 71.3 Å². The molecule has 1 atom stereocenters. The summed E-state index contributed by atoms with van der Waals surface area (Å²) in [6.45, 7) is 2.32. The SMILES string of the molecule is CC(c1ccccc1CN)N(N)C(=O)c1ccccc1. The Morgan fingerprint density at radius 2 is 1.70 bits per heavy atom. The summed E-state index contributed by atoms with van der Waals surface area (Å²) in [6, 6.07) is 16.5. The molecule has 0 aliphatic heterocycles. The van der Waals surface area contributed by atoms with E-state index >= 15 is 0 Å². The molecule has 0 spiro atoms. The number of hydrogen-bond acceptors (Lipinski definition) is 3. The number of hydrazine groups is 1. The van der Waals surface area contributed by atoms with Gasteiger partial charge in [0, 0.05) is 12.1 Å². The number of carbonyl (C=O) groups excluding carboxylic acids is 1. The summed E-state index contributed by atoms with van der Waals surface area (Å²) < 4.78 is 0. The fourth-order valence-electron chi connectivity index (χ4n) is 2.18. The van der Waals surface area contributed by atoms with Crippen LogP contribution in [0.3, 0.4) is 0 Å². The van der Waals surface area contributed by atoms with Gasteiger partial charge in [-0.3, -0.25) is 9.80 Å². The minimum atomic E-state index is -0.234. The quantitative estimate of drug-likeness (QED) is 0.508. The lowest BCUT2D eigenvalue weighted by Crippen LogP contribution is -2.39. The van der Waals surface area contributed by atoms with E-state index in [1.165, 1.54) is 5.01 Å². The molecular formula is C16H19N3O. The van der Waals surface area contributed by atoms with Crippen LogP contribution >= 0.6 is 0 Å². The lowest BCUT2D eigenvalue weighted by molar-refractivity contribution is 0.0690. The van der Waals surface area contributed by atoms with Gasteiger partial charge in [0.15, 0.2) is 0 Å². The van der Waals surface area contributed by atoms with Crippen LogP contribution in [-0.4, -0.2) is 10.9 Å². The molecule has 2 rings (SSSR count). The Balaban J connectivity index is 2.24. The van der Waals surface area contributed by atoms with E-state index in [-0.39, 0.29) is 11.9 Å². The number of rotatable bonds is 4. The van der Waals surface area contributed by atoms with Crippen molar-refractivity contribution in [3.63, 3.8) is 0 Å². The number of nitrogens with zero attached hydrogens (tertiary/aromatic N) is 1. The van der Waals surface area contributed by atoms with Crippen molar-refractivity contribution in [1.29, 1.82) is 0 Å². The highest BCUT2D eigenvalue weighted by molar-refractivity contribution is 5.94. The fourth-order valence-corrected chi connectivity index (χ4v) is 2.18. The molecular weight excluding hydrogens is 250 g/mol. The van der Waals surface area contributed by atoms with Gasteiger partial charge >= 0.3 is 0 Å². The highest BCUT2D eigenvalue weighted by Gasteiger charge is 2.21. The second-order valence-electron chi connectivity index (χ2n) is 4.66. The van der Waals surface area contributed by atoms with Crippen LogP contribution < -0.4 is 11.6 Å². The molecule has 4 nitrogen and oxygen atoms in total. The third kappa shape index (κ3) is 2.87. The van der Waals surface area contributed by atoms with E-state index in [1.807, 2.05) is 49.4 Å². The van der Waals surface area contributed by atoms with E-state index in [9.17, 15) is 4.79 Å². The normalized spacial score (nSPS) is 11.9. The summed E-state index contributed by atoms with van der Waals surface area (Å²) in [4.78, 5) is 12.3. The fraction of sp³-hybridized carbons (Fsp3) is 0.188. The van der Waals surface area contributed by atoms with Gasteiger partial charge in [0.25, 0.3) is 5.91 Å². The molecule has 104 valence electrons. The summed E-state index contributed by atoms with van der Waals surface area (Å²) in [5.41, 5.74) is 8.28. The third-order valence-corrected chi connectivity index (χ3v) is 3.40. The second kappa shape index (κ2) is 6.32. The van der Waals surface area contributed by atoms with Crippen LogP contribution in [-0.2, 0) is 6.54 Å². The van der Waals surface area contributed by atoms with Crippen molar-refractivity contribution in [2.45, 2.75) is 19.5 Å². The van der Waals surface area contributed by atoms with Gasteiger partial charge in [0.2, 0.25) is 0 Å². The molecule has 4 N–H and O–H groups in total. The van der Waals surface area contributed by atoms with Gasteiger partial charge in [0.1, 0.15) is 0 Å². The average molecular weight is 269 g/mol. The lowest BCUT2D eigenvalue weighted by Gasteiger charge is -2.26. The van der Waals surface area contributed by atoms with E-state index in [2.05, 4.69) is 0 Å². The first-order valence-corrected chi connectivity index (χ1v) is 6.56. The van der Waals surface area contributed by atoms with E-state index in [4.69, 9.17) is 11.6 Å². The molecule has 20 heavy (non-hydrogen) atoms. The van der Waals surface area contributed by atoms with Crippen molar-refractivity contribution in [3.8, 4) is 0 Å². The van der Waals surface area contributed by atoms with Gasteiger partial charge in [-0.05, 0) is 30.2 Å². The molecule has 0 aromatic heterocycles. The van der Waals surface area contributed by atoms with Crippen LogP contribution in [0.25, 0.3) is 0 Å². The Morgan fingerprint density at radius 3 is 2.35 bits per heavy atom. The Kier molecular flexibility index (Phi) is 4.50. The van der Waals surface area contributed by atoms with Crippen LogP contribution in [0.15, 0.2) is 54.6 Å². The first kappa shape index (κ1) is 14.2. The molecule has 2 aromatic rings. The zero-order chi connectivity index (χ0) is 14.5. The predicted octanol–water partition coefficient (Wildman–Crippen LogP) is 2.22. The van der Waals surface area contributed by atoms with Crippen LogP contribution in [0.4, 0.5) is 0 Å². The predicted molar refractivity (Wildman–Crippen MR) is 79.5 cm³/mol. The summed E-state index contributed by atoms with van der Waals surface area (Å²) in [5.74, 6) is 5.79. The van der Waals surface area contributed by atoms with E-state index < -0.39 is 0 Å². The summed E-state index contributed by atoms with van der Waals surface area (Å²) in [6.07, 6.45) is 0. The second-order valence-corrected chi connectivity index (χ2v) is 4.66. The largest absolute Gasteiger partial charge is 0.326 e. The molecule has 1 unspecified atom stereocenters. The van der Waals surface area contributed by atoms with Crippen LogP contribution in [0.1, 0.15) is 34.5 Å². The van der Waals surface area contributed by atoms with E-state index in [1.54, 1.807) is 12.1 Å². The zero-order valence-corrected chi connectivity index (χ0v) is 11.5. The van der Waals surface area contributed by atoms with Gasteiger partial charge in [-0.25, -0.2) is 5.84 Å². The van der Waals surface area contributed by atoms with Crippen LogP contribution in [0.5, 0.6) is 0 Å². The third-order valence-electron chi connectivity index (χ3n) is 3.40.